The van der Waals surface area contributed by atoms with Gasteiger partial charge in [-0.25, -0.2) is 22.9 Å². The average Bonchev–Trinajstić information content (AvgIpc) is 1.67. The Hall–Kier alpha value is -8.54. The van der Waals surface area contributed by atoms with E-state index in [1.807, 2.05) is 24.0 Å². The molecule has 0 spiro atoms. The summed E-state index contributed by atoms with van der Waals surface area (Å²) in [4.78, 5) is 108. The maximum absolute atomic E-state index is 14.3. The van der Waals surface area contributed by atoms with Crippen molar-refractivity contribution in [2.75, 3.05) is 84.9 Å². The van der Waals surface area contributed by atoms with Crippen LogP contribution in [0.5, 0.6) is 11.5 Å². The number of aliphatic carboxylic acids is 1. The summed E-state index contributed by atoms with van der Waals surface area (Å²) in [6.45, 7) is 8.99. The number of phenolic OH excluding ortho intramolecular Hbond substituents is 1. The Morgan fingerprint density at radius 2 is 1.09 bits per heavy atom. The Labute approximate surface area is 522 Å². The van der Waals surface area contributed by atoms with Crippen LogP contribution >= 0.6 is 15.2 Å². The first kappa shape index (κ1) is 65.4. The van der Waals surface area contributed by atoms with Crippen molar-refractivity contribution in [3.8, 4) is 11.5 Å². The molecular weight excluding hydrogens is 1220 g/mol. The van der Waals surface area contributed by atoms with Gasteiger partial charge in [0, 0.05) is 120 Å². The maximum Gasteiger partial charge on any atom is 0.381 e. The van der Waals surface area contributed by atoms with Crippen molar-refractivity contribution in [3.05, 3.63) is 177 Å². The number of carboxylic acid groups (broad SMARTS) is 1. The summed E-state index contributed by atoms with van der Waals surface area (Å²) < 4.78 is 74.1. The molecule has 2 saturated heterocycles. The number of esters is 1. The van der Waals surface area contributed by atoms with Crippen LogP contribution in [-0.4, -0.2) is 187 Å². The Bertz CT molecular complexity index is 4020. The lowest BCUT2D eigenvalue weighted by Gasteiger charge is -2.35. The number of fused-ring (bicyclic) bond motifs is 4. The van der Waals surface area contributed by atoms with Gasteiger partial charge in [-0.1, -0.05) is 54.6 Å². The third-order valence-corrected chi connectivity index (χ3v) is 19.8. The topological polar surface area (TPSA) is 279 Å². The van der Waals surface area contributed by atoms with Gasteiger partial charge in [0.25, 0.3) is 23.6 Å². The first-order chi connectivity index (χ1) is 43.5. The zero-order chi connectivity index (χ0) is 64.9. The van der Waals surface area contributed by atoms with Gasteiger partial charge in [-0.15, -0.1) is 0 Å². The Balaban J connectivity index is 0.000000202. The van der Waals surface area contributed by atoms with Gasteiger partial charge < -0.3 is 44.0 Å². The molecule has 0 aliphatic carbocycles. The minimum Gasteiger partial charge on any atom is -0.505 e. The highest BCUT2D eigenvalue weighted by molar-refractivity contribution is 7.54. The molecule has 0 bridgehead atoms. The van der Waals surface area contributed by atoms with Gasteiger partial charge in [-0.2, -0.15) is 0 Å². The summed E-state index contributed by atoms with van der Waals surface area (Å²) in [7, 11) is -6.67. The van der Waals surface area contributed by atoms with E-state index in [2.05, 4.69) is 14.9 Å². The number of halogens is 2. The lowest BCUT2D eigenvalue weighted by atomic mass is 9.92. The van der Waals surface area contributed by atoms with E-state index in [1.54, 1.807) is 87.6 Å². The largest absolute Gasteiger partial charge is 0.505 e. The van der Waals surface area contributed by atoms with Crippen LogP contribution in [0.25, 0.3) is 21.8 Å². The van der Waals surface area contributed by atoms with Gasteiger partial charge in [0.2, 0.25) is 0 Å². The van der Waals surface area contributed by atoms with Crippen molar-refractivity contribution < 1.29 is 80.1 Å². The predicted molar refractivity (Wildman–Crippen MR) is 330 cm³/mol. The van der Waals surface area contributed by atoms with E-state index in [0.717, 1.165) is 11.1 Å². The lowest BCUT2D eigenvalue weighted by molar-refractivity contribution is -0.148. The second kappa shape index (κ2) is 27.9. The number of benzene rings is 5. The molecule has 0 radical (unpaired) electrons. The van der Waals surface area contributed by atoms with E-state index >= 15 is 0 Å². The van der Waals surface area contributed by atoms with Crippen molar-refractivity contribution in [1.82, 2.24) is 39.4 Å². The molecule has 91 heavy (non-hydrogen) atoms. The third kappa shape index (κ3) is 14.8. The van der Waals surface area contributed by atoms with Gasteiger partial charge in [-0.05, 0) is 91.6 Å². The lowest BCUT2D eigenvalue weighted by Crippen LogP contribution is -2.49. The van der Waals surface area contributed by atoms with Gasteiger partial charge in [0.1, 0.15) is 22.9 Å². The zero-order valence-electron chi connectivity index (χ0n) is 50.4. The SMILES string of the molecule is COC(=O)[C@H](C)OP(=O)(CCN1CCN(C(=O)c2c3c(c(C)c4ncccc24)C(=O)N(Cc2ccc(F)cc2)C3)CC1)Oc1ccccc1.C[C@H](OP(=O)(O)CCN1CCN(C(=O)c2c3c(c(O)c4ncccc24)C(=O)N(Cc2ccc(F)cc2)C3)CC1)C(=O)O. The molecule has 4 aliphatic rings. The van der Waals surface area contributed by atoms with Crippen LogP contribution < -0.4 is 4.52 Å². The molecule has 3 N–H and O–H groups in total. The molecule has 0 saturated carbocycles. The first-order valence-electron chi connectivity index (χ1n) is 29.5. The summed E-state index contributed by atoms with van der Waals surface area (Å²) in [5, 5.41) is 21.1. The van der Waals surface area contributed by atoms with Crippen molar-refractivity contribution in [2.24, 2.45) is 0 Å². The standard InChI is InChI=1S/C36H38FN4O7P.C28H30FN4O8P/c1-24-31-30(23-41(34(31)42)22-26-11-13-27(37)14-12-26)32(29-10-7-15-38-33(24)29)35(43)40-18-16-39(17-19-40)20-21-49(45,47-25(2)36(44)46-3)48-28-8-5-4-6-9-28;1-17(28(37)38)41-42(39,40)14-13-31-9-11-32(12-10-31)26(35)22-20-3-2-8-30-24(20)25(34)23-21(22)16-33(27(23)36)15-18-4-6-19(29)7-5-18/h4-15,25H,16-23H2,1-3H3;2-8,17,34H,9-16H2,1H3,(H,37,38)(H,39,40)/t25-,49?;17-/m00/s1. The number of piperazine rings is 2. The number of hydrogen-bond acceptors (Lipinski definition) is 17. The molecule has 11 rings (SSSR count). The molecular formula is C64H68F2N8O15P2. The fraction of sp³-hybridized carbons (Fsp3) is 0.344. The quantitative estimate of drug-likeness (QED) is 0.0480. The second-order valence-corrected chi connectivity index (χ2v) is 26.5. The molecule has 7 aromatic rings. The monoisotopic (exact) mass is 1290 g/mol. The summed E-state index contributed by atoms with van der Waals surface area (Å²) in [5.41, 5.74) is 5.31. The van der Waals surface area contributed by atoms with Crippen LogP contribution in [-0.2, 0) is 58.7 Å². The molecule has 23 nitrogen and oxygen atoms in total. The molecule has 2 aromatic heterocycles. The van der Waals surface area contributed by atoms with Crippen LogP contribution in [0.1, 0.15) is 83.1 Å². The minimum absolute atomic E-state index is 0.0188. The normalized spacial score (nSPS) is 17.2. The molecule has 4 atom stereocenters. The Morgan fingerprint density at radius 1 is 0.615 bits per heavy atom. The number of nitrogens with zero attached hydrogens (tertiary/aromatic N) is 8. The fourth-order valence-electron chi connectivity index (χ4n) is 11.7. The number of phenols is 1. The van der Waals surface area contributed by atoms with E-state index < -0.39 is 51.1 Å². The van der Waals surface area contributed by atoms with Crippen LogP contribution in [0.3, 0.4) is 0 Å². The van der Waals surface area contributed by atoms with Gasteiger partial charge in [-0.3, -0.25) is 52.6 Å². The predicted octanol–water partition coefficient (Wildman–Crippen LogP) is 8.11. The number of carbonyl (C=O) groups is 6. The zero-order valence-corrected chi connectivity index (χ0v) is 52.2. The van der Waals surface area contributed by atoms with E-state index in [4.69, 9.17) is 23.4 Å². The highest BCUT2D eigenvalue weighted by atomic mass is 31.2. The highest BCUT2D eigenvalue weighted by Gasteiger charge is 2.41. The van der Waals surface area contributed by atoms with E-state index in [9.17, 15) is 56.7 Å². The molecule has 5 aromatic carbocycles. The van der Waals surface area contributed by atoms with Crippen molar-refractivity contribution in [1.29, 1.82) is 0 Å². The number of carbonyl (C=O) groups excluding carboxylic acids is 5. The second-order valence-electron chi connectivity index (χ2n) is 22.5. The van der Waals surface area contributed by atoms with Crippen LogP contribution in [0.2, 0.25) is 0 Å². The number of pyridine rings is 2. The Morgan fingerprint density at radius 3 is 1.59 bits per heavy atom. The van der Waals surface area contributed by atoms with Gasteiger partial charge >= 0.3 is 27.1 Å². The van der Waals surface area contributed by atoms with Crippen LogP contribution in [0.4, 0.5) is 8.78 Å². The highest BCUT2D eigenvalue weighted by Crippen LogP contribution is 2.50. The summed E-state index contributed by atoms with van der Waals surface area (Å²) in [6.07, 6.45) is 0.383. The number of hydrogen-bond donors (Lipinski definition) is 3. The molecule has 4 amide bonds. The molecule has 27 heteroatoms. The molecule has 2 fully saturated rings. The van der Waals surface area contributed by atoms with Gasteiger partial charge in [0.05, 0.1) is 47.2 Å². The number of amides is 4. The molecule has 4 aliphatic heterocycles. The number of methoxy groups -OCH3 is 1. The van der Waals surface area contributed by atoms with Gasteiger partial charge in [0.15, 0.2) is 18.0 Å². The average molecular weight is 1290 g/mol. The number of ether oxygens (including phenoxy) is 1. The molecule has 6 heterocycles. The number of aromatic hydroxyl groups is 1. The number of aryl methyl sites for hydroxylation is 1. The van der Waals surface area contributed by atoms with Crippen LogP contribution in [0, 0.1) is 18.6 Å². The van der Waals surface area contributed by atoms with Crippen molar-refractivity contribution >= 4 is 72.6 Å². The van der Waals surface area contributed by atoms with Crippen molar-refractivity contribution in [2.45, 2.75) is 59.2 Å². The van der Waals surface area contributed by atoms with Crippen LogP contribution in [0.15, 0.2) is 116 Å². The molecule has 2 unspecified atom stereocenters. The number of rotatable bonds is 20. The third-order valence-electron chi connectivity index (χ3n) is 16.5. The minimum atomic E-state index is -4.12. The Kier molecular flexibility index (Phi) is 20.1. The first-order valence-corrected chi connectivity index (χ1v) is 33.0. The number of carboxylic acids is 1. The van der Waals surface area contributed by atoms with Crippen molar-refractivity contribution in [3.63, 3.8) is 0 Å². The van der Waals surface area contributed by atoms with E-state index in [-0.39, 0.29) is 91.0 Å². The summed E-state index contributed by atoms with van der Waals surface area (Å²) in [5.74, 6) is -3.82. The van der Waals surface area contributed by atoms with E-state index in [1.165, 1.54) is 56.3 Å². The molecule has 478 valence electrons. The summed E-state index contributed by atoms with van der Waals surface area (Å²) in [6, 6.07) is 27.4. The van der Waals surface area contributed by atoms with E-state index in [0.29, 0.717) is 109 Å². The summed E-state index contributed by atoms with van der Waals surface area (Å²) >= 11 is 0. The smallest absolute Gasteiger partial charge is 0.381 e. The number of aromatic nitrogens is 2. The maximum atomic E-state index is 14.3. The number of para-hydroxylation sites is 1. The fourth-order valence-corrected chi connectivity index (χ4v) is 14.7.